The summed E-state index contributed by atoms with van der Waals surface area (Å²) in [4.78, 5) is 53.3. The van der Waals surface area contributed by atoms with Crippen LogP contribution >= 0.6 is 0 Å². The van der Waals surface area contributed by atoms with Crippen molar-refractivity contribution < 1.29 is 56.1 Å². The summed E-state index contributed by atoms with van der Waals surface area (Å²) in [5.41, 5.74) is -1.29. The molecule has 2 aliphatic rings. The summed E-state index contributed by atoms with van der Waals surface area (Å²) >= 11 is 0. The molecule has 72 heavy (non-hydrogen) atoms. The standard InChI is InChI=1S/C30H47F2NO4.C28H43F2NO4/c1-5-8-9-10-11-12-13-14-15-23-16-17-24(27(32)26(23)31)22-33(4)25-18-20-30(21-19-25,28(34)36-6-2)29(35)37-7-3;1-4-6-7-8-9-10-11-12-13-21-14-15-22(25(30)24(21)29)20-31(3)23-16-18-28(19-17-23,26(32)33)27(34)35-5-2/h16-17,25H,5-15,18-22H2,1-4H3;14-15,23H,4-13,16-20H2,1-3H3,(H,32,33). The van der Waals surface area contributed by atoms with Crippen LogP contribution < -0.4 is 0 Å². The fraction of sp³-hybridized carbons (Fsp3) is 0.724. The number of rotatable bonds is 31. The van der Waals surface area contributed by atoms with E-state index in [0.717, 1.165) is 38.5 Å². The first kappa shape index (κ1) is 62.3. The minimum atomic E-state index is -1.51. The zero-order valence-electron chi connectivity index (χ0n) is 45.1. The van der Waals surface area contributed by atoms with Crippen LogP contribution in [0.5, 0.6) is 0 Å². The summed E-state index contributed by atoms with van der Waals surface area (Å²) in [6.45, 7) is 10.5. The Kier molecular flexibility index (Phi) is 28.5. The van der Waals surface area contributed by atoms with Crippen molar-refractivity contribution in [1.82, 2.24) is 9.80 Å². The minimum Gasteiger partial charge on any atom is -0.480 e. The molecule has 0 spiro atoms. The zero-order valence-corrected chi connectivity index (χ0v) is 45.1. The van der Waals surface area contributed by atoms with Gasteiger partial charge in [-0.3, -0.25) is 29.0 Å². The number of carbonyl (C=O) groups is 4. The number of aliphatic carboxylic acids is 1. The summed E-state index contributed by atoms with van der Waals surface area (Å²) in [5.74, 6) is -5.96. The molecule has 0 heterocycles. The summed E-state index contributed by atoms with van der Waals surface area (Å²) in [5, 5.41) is 9.67. The van der Waals surface area contributed by atoms with Crippen molar-refractivity contribution in [3.8, 4) is 0 Å². The van der Waals surface area contributed by atoms with Gasteiger partial charge in [0.25, 0.3) is 0 Å². The van der Waals surface area contributed by atoms with Gasteiger partial charge in [-0.15, -0.1) is 0 Å². The molecule has 1 N–H and O–H groups in total. The second-order valence-electron chi connectivity index (χ2n) is 20.4. The molecule has 4 rings (SSSR count). The van der Waals surface area contributed by atoms with Gasteiger partial charge < -0.3 is 19.3 Å². The maximum absolute atomic E-state index is 14.9. The predicted octanol–water partition coefficient (Wildman–Crippen LogP) is 13.8. The first-order valence-electron chi connectivity index (χ1n) is 27.6. The molecule has 0 aliphatic heterocycles. The van der Waals surface area contributed by atoms with Crippen LogP contribution in [0.2, 0.25) is 0 Å². The molecular weight excluding hydrogens is 929 g/mol. The largest absolute Gasteiger partial charge is 0.480 e. The van der Waals surface area contributed by atoms with Gasteiger partial charge in [-0.25, -0.2) is 17.6 Å². The van der Waals surface area contributed by atoms with Crippen molar-refractivity contribution in [2.24, 2.45) is 10.8 Å². The van der Waals surface area contributed by atoms with Crippen molar-refractivity contribution in [1.29, 1.82) is 0 Å². The Labute approximate surface area is 429 Å². The number of nitrogens with zero attached hydrogens (tertiary/aromatic N) is 2. The maximum atomic E-state index is 14.9. The Balaban J connectivity index is 0.000000381. The lowest BCUT2D eigenvalue weighted by atomic mass is 9.72. The van der Waals surface area contributed by atoms with Crippen LogP contribution in [-0.4, -0.2) is 84.8 Å². The van der Waals surface area contributed by atoms with Gasteiger partial charge in [0.2, 0.25) is 0 Å². The molecule has 14 heteroatoms. The van der Waals surface area contributed by atoms with E-state index in [9.17, 15) is 41.8 Å². The Morgan fingerprint density at radius 1 is 0.472 bits per heavy atom. The van der Waals surface area contributed by atoms with E-state index < -0.39 is 58.0 Å². The van der Waals surface area contributed by atoms with Gasteiger partial charge in [-0.1, -0.05) is 128 Å². The number of unbranched alkanes of at least 4 members (excludes halogenated alkanes) is 14. The Morgan fingerprint density at radius 2 is 0.750 bits per heavy atom. The van der Waals surface area contributed by atoms with E-state index in [0.29, 0.717) is 73.6 Å². The predicted molar refractivity (Wildman–Crippen MR) is 275 cm³/mol. The molecule has 2 fully saturated rings. The fourth-order valence-electron chi connectivity index (χ4n) is 10.5. The molecule has 0 amide bonds. The highest BCUT2D eigenvalue weighted by molar-refractivity contribution is 6.00. The van der Waals surface area contributed by atoms with Crippen molar-refractivity contribution in [3.05, 3.63) is 69.8 Å². The van der Waals surface area contributed by atoms with Gasteiger partial charge in [0.1, 0.15) is 0 Å². The van der Waals surface area contributed by atoms with E-state index in [1.807, 2.05) is 23.9 Å². The van der Waals surface area contributed by atoms with E-state index in [1.165, 1.54) is 64.2 Å². The molecule has 0 aromatic heterocycles. The van der Waals surface area contributed by atoms with Gasteiger partial charge in [0, 0.05) is 36.3 Å². The van der Waals surface area contributed by atoms with E-state index in [1.54, 1.807) is 45.0 Å². The lowest BCUT2D eigenvalue weighted by Gasteiger charge is -2.39. The van der Waals surface area contributed by atoms with Crippen LogP contribution in [0.25, 0.3) is 0 Å². The number of ether oxygens (including phenoxy) is 3. The molecule has 408 valence electrons. The van der Waals surface area contributed by atoms with Crippen LogP contribution in [0.3, 0.4) is 0 Å². The quantitative estimate of drug-likeness (QED) is 0.0257. The number of aryl methyl sites for hydroxylation is 2. The SMILES string of the molecule is CCCCCCCCCCc1ccc(CN(C)C2CCC(C(=O)O)(C(=O)OCC)CC2)c(F)c1F.CCCCCCCCCCc1ccc(CN(C)C2CCC(C(=O)OCC)(C(=O)OCC)CC2)c(F)c1F. The summed E-state index contributed by atoms with van der Waals surface area (Å²) in [7, 11) is 3.70. The van der Waals surface area contributed by atoms with Crippen molar-refractivity contribution >= 4 is 23.9 Å². The lowest BCUT2D eigenvalue weighted by molar-refractivity contribution is -0.176. The molecule has 0 bridgehead atoms. The van der Waals surface area contributed by atoms with Crippen molar-refractivity contribution in [3.63, 3.8) is 0 Å². The van der Waals surface area contributed by atoms with Crippen LogP contribution in [-0.2, 0) is 59.3 Å². The average Bonchev–Trinajstić information content (AvgIpc) is 3.37. The van der Waals surface area contributed by atoms with E-state index in [2.05, 4.69) is 13.8 Å². The topological polar surface area (TPSA) is 123 Å². The monoisotopic (exact) mass is 1020 g/mol. The average molecular weight is 1020 g/mol. The zero-order chi connectivity index (χ0) is 53.1. The smallest absolute Gasteiger partial charge is 0.323 e. The fourth-order valence-corrected chi connectivity index (χ4v) is 10.5. The van der Waals surface area contributed by atoms with Crippen LogP contribution in [0.15, 0.2) is 24.3 Å². The van der Waals surface area contributed by atoms with E-state index >= 15 is 0 Å². The lowest BCUT2D eigenvalue weighted by Crippen LogP contribution is -2.48. The number of carbonyl (C=O) groups excluding carboxylic acids is 3. The van der Waals surface area contributed by atoms with Crippen LogP contribution in [0, 0.1) is 34.1 Å². The first-order chi connectivity index (χ1) is 34.6. The maximum Gasteiger partial charge on any atom is 0.323 e. The van der Waals surface area contributed by atoms with E-state index in [-0.39, 0.29) is 57.8 Å². The summed E-state index contributed by atoms with van der Waals surface area (Å²) in [6, 6.07) is 6.79. The molecule has 10 nitrogen and oxygen atoms in total. The van der Waals surface area contributed by atoms with E-state index in [4.69, 9.17) is 14.2 Å². The number of esters is 3. The minimum absolute atomic E-state index is 0.0173. The molecule has 2 aromatic carbocycles. The summed E-state index contributed by atoms with van der Waals surface area (Å²) < 4.78 is 74.7. The number of benzene rings is 2. The third kappa shape index (κ3) is 18.4. The number of halogens is 4. The summed E-state index contributed by atoms with van der Waals surface area (Å²) in [6.07, 6.45) is 22.7. The normalized spacial score (nSPS) is 17.9. The Morgan fingerprint density at radius 3 is 1.07 bits per heavy atom. The molecular formula is C58H90F4N2O8. The van der Waals surface area contributed by atoms with Gasteiger partial charge in [-0.2, -0.15) is 0 Å². The highest BCUT2D eigenvalue weighted by Gasteiger charge is 2.52. The molecule has 0 unspecified atom stereocenters. The number of hydrogen-bond acceptors (Lipinski definition) is 9. The Hall–Kier alpha value is -4.04. The molecule has 0 saturated heterocycles. The number of carboxylic acids is 1. The molecule has 0 atom stereocenters. The second kappa shape index (κ2) is 33.0. The Bertz CT molecular complexity index is 1930. The van der Waals surface area contributed by atoms with Gasteiger partial charge in [-0.05, 0) is 123 Å². The molecule has 2 aliphatic carbocycles. The first-order valence-corrected chi connectivity index (χ1v) is 27.6. The highest BCUT2D eigenvalue weighted by Crippen LogP contribution is 2.42. The number of carboxylic acid groups (broad SMARTS) is 1. The number of hydrogen-bond donors (Lipinski definition) is 1. The van der Waals surface area contributed by atoms with Gasteiger partial charge in [0.05, 0.1) is 19.8 Å². The third-order valence-electron chi connectivity index (χ3n) is 15.2. The highest BCUT2D eigenvalue weighted by atomic mass is 19.2. The van der Waals surface area contributed by atoms with Crippen molar-refractivity contribution in [2.45, 2.75) is 227 Å². The van der Waals surface area contributed by atoms with Gasteiger partial charge in [0.15, 0.2) is 34.1 Å². The molecule has 2 saturated carbocycles. The third-order valence-corrected chi connectivity index (χ3v) is 15.2. The molecule has 0 radical (unpaired) electrons. The van der Waals surface area contributed by atoms with Gasteiger partial charge >= 0.3 is 23.9 Å². The van der Waals surface area contributed by atoms with Crippen LogP contribution in [0.4, 0.5) is 17.6 Å². The van der Waals surface area contributed by atoms with Crippen LogP contribution in [0.1, 0.15) is 211 Å². The second-order valence-corrected chi connectivity index (χ2v) is 20.4. The molecule has 2 aromatic rings. The van der Waals surface area contributed by atoms with Crippen molar-refractivity contribution in [2.75, 3.05) is 33.9 Å².